The molecule has 0 aliphatic carbocycles. The fraction of sp³-hybridized carbons (Fsp3) is 0.0164. The summed E-state index contributed by atoms with van der Waals surface area (Å²) in [6.07, 6.45) is 8.18. The number of benzene rings is 9. The summed E-state index contributed by atoms with van der Waals surface area (Å²) in [5.74, 6) is 0. The second-order valence-electron chi connectivity index (χ2n) is 16.2. The molecule has 11 aromatic rings. The normalized spacial score (nSPS) is 12.0. The molecule has 0 aliphatic rings. The Kier molecular flexibility index (Phi) is 9.60. The van der Waals surface area contributed by atoms with E-state index in [4.69, 9.17) is 0 Å². The first-order valence-corrected chi connectivity index (χ1v) is 21.6. The Morgan fingerprint density at radius 1 is 0.365 bits per heavy atom. The lowest BCUT2D eigenvalue weighted by atomic mass is 9.91. The van der Waals surface area contributed by atoms with Crippen LogP contribution in [0.3, 0.4) is 0 Å². The topological polar surface area (TPSA) is 9.86 Å². The fourth-order valence-electron chi connectivity index (χ4n) is 9.42. The maximum atomic E-state index is 4.16. The van der Waals surface area contributed by atoms with E-state index in [-0.39, 0.29) is 0 Å². The number of fused-ring (bicyclic) bond motifs is 6. The minimum atomic E-state index is 1.08. The molecule has 63 heavy (non-hydrogen) atoms. The van der Waals surface area contributed by atoms with E-state index in [0.29, 0.717) is 0 Å². The molecule has 0 radical (unpaired) electrons. The molecule has 0 amide bonds. The number of hydrogen-bond donors (Lipinski definition) is 0. The number of hydrogen-bond acceptors (Lipinski definition) is 0. The highest BCUT2D eigenvalue weighted by molar-refractivity contribution is 6.11. The molecule has 2 aromatic heterocycles. The largest absolute Gasteiger partial charge is 0.309 e. The van der Waals surface area contributed by atoms with Crippen LogP contribution in [0.5, 0.6) is 0 Å². The Bertz CT molecular complexity index is 3350. The number of nitrogens with zero attached hydrogens (tertiary/aromatic N) is 2. The zero-order valence-electron chi connectivity index (χ0n) is 35.1. The number of allylic oxidation sites excluding steroid dienone is 5. The average molecular weight is 805 g/mol. The first-order chi connectivity index (χ1) is 31.1. The summed E-state index contributed by atoms with van der Waals surface area (Å²) in [6, 6.07) is 77.7. The Balaban J connectivity index is 1.20. The molecule has 0 atom stereocenters. The van der Waals surface area contributed by atoms with Gasteiger partial charge in [0.1, 0.15) is 0 Å². The molecule has 0 unspecified atom stereocenters. The summed E-state index contributed by atoms with van der Waals surface area (Å²) in [4.78, 5) is 0. The second kappa shape index (κ2) is 16.0. The van der Waals surface area contributed by atoms with Gasteiger partial charge in [0.05, 0.1) is 22.1 Å². The molecular formula is C61H44N2. The Morgan fingerprint density at radius 2 is 0.746 bits per heavy atom. The third-order valence-corrected chi connectivity index (χ3v) is 12.4. The fourth-order valence-corrected chi connectivity index (χ4v) is 9.42. The summed E-state index contributed by atoms with van der Waals surface area (Å²) in [7, 11) is 0. The maximum Gasteiger partial charge on any atom is 0.0541 e. The molecule has 2 nitrogen and oxygen atoms in total. The highest BCUT2D eigenvalue weighted by Crippen LogP contribution is 2.40. The van der Waals surface area contributed by atoms with E-state index in [1.165, 1.54) is 54.7 Å². The molecule has 2 heteroatoms. The first-order valence-electron chi connectivity index (χ1n) is 21.6. The molecule has 0 saturated heterocycles. The number of para-hydroxylation sites is 4. The lowest BCUT2D eigenvalue weighted by Gasteiger charge is -2.17. The predicted molar refractivity (Wildman–Crippen MR) is 270 cm³/mol. The van der Waals surface area contributed by atoms with Gasteiger partial charge in [0.2, 0.25) is 0 Å². The van der Waals surface area contributed by atoms with Crippen LogP contribution in [0.2, 0.25) is 0 Å². The number of rotatable bonds is 9. The molecule has 0 aliphatic heterocycles. The summed E-state index contributed by atoms with van der Waals surface area (Å²) in [6.45, 7) is 6.20. The van der Waals surface area contributed by atoms with Crippen LogP contribution in [0.15, 0.2) is 243 Å². The van der Waals surface area contributed by atoms with Gasteiger partial charge in [0.15, 0.2) is 0 Å². The van der Waals surface area contributed by atoms with Gasteiger partial charge in [0, 0.05) is 32.9 Å². The zero-order chi connectivity index (χ0) is 42.3. The quantitative estimate of drug-likeness (QED) is 0.129. The van der Waals surface area contributed by atoms with Crippen molar-refractivity contribution in [2.45, 2.75) is 6.92 Å². The molecular weight excluding hydrogens is 761 g/mol. The van der Waals surface area contributed by atoms with Gasteiger partial charge in [0.25, 0.3) is 0 Å². The van der Waals surface area contributed by atoms with Gasteiger partial charge in [-0.05, 0) is 135 Å². The molecule has 0 N–H and O–H groups in total. The third kappa shape index (κ3) is 6.79. The molecule has 0 fully saturated rings. The molecule has 298 valence electrons. The van der Waals surface area contributed by atoms with Gasteiger partial charge in [-0.2, -0.15) is 0 Å². The van der Waals surface area contributed by atoms with Gasteiger partial charge in [-0.1, -0.05) is 170 Å². The molecule has 0 saturated carbocycles. The Morgan fingerprint density at radius 3 is 1.24 bits per heavy atom. The average Bonchev–Trinajstić information content (AvgIpc) is 3.88. The van der Waals surface area contributed by atoms with Crippen LogP contribution in [-0.4, -0.2) is 9.13 Å². The SMILES string of the molecule is C=C/C(=C\C=C/C)c1cccc(-c2cc(-c3cccc(-c4ccccc4)c3)cc(-c3cc(-n4c5ccccc5c5ccccc54)cc(-n4c5ccccc5c5ccccc54)c3)c2)c1. The van der Waals surface area contributed by atoms with Crippen LogP contribution in [0.25, 0.3) is 105 Å². The highest BCUT2D eigenvalue weighted by Gasteiger charge is 2.18. The summed E-state index contributed by atoms with van der Waals surface area (Å²) in [5, 5.41) is 4.95. The van der Waals surface area contributed by atoms with Crippen LogP contribution in [-0.2, 0) is 0 Å². The molecule has 11 rings (SSSR count). The van der Waals surface area contributed by atoms with Crippen LogP contribution in [0.1, 0.15) is 12.5 Å². The third-order valence-electron chi connectivity index (χ3n) is 12.4. The van der Waals surface area contributed by atoms with Gasteiger partial charge in [-0.15, -0.1) is 0 Å². The predicted octanol–water partition coefficient (Wildman–Crippen LogP) is 16.7. The van der Waals surface area contributed by atoms with Crippen molar-refractivity contribution < 1.29 is 0 Å². The summed E-state index contributed by atoms with van der Waals surface area (Å²) >= 11 is 0. The van der Waals surface area contributed by atoms with Gasteiger partial charge in [-0.25, -0.2) is 0 Å². The van der Waals surface area contributed by atoms with Crippen LogP contribution >= 0.6 is 0 Å². The van der Waals surface area contributed by atoms with Crippen molar-refractivity contribution in [1.82, 2.24) is 9.13 Å². The van der Waals surface area contributed by atoms with E-state index >= 15 is 0 Å². The number of aromatic nitrogens is 2. The van der Waals surface area contributed by atoms with Crippen molar-refractivity contribution in [3.63, 3.8) is 0 Å². The van der Waals surface area contributed by atoms with Gasteiger partial charge >= 0.3 is 0 Å². The lowest BCUT2D eigenvalue weighted by molar-refractivity contribution is 1.13. The minimum Gasteiger partial charge on any atom is -0.309 e. The van der Waals surface area contributed by atoms with Crippen molar-refractivity contribution in [1.29, 1.82) is 0 Å². The summed E-state index contributed by atoms with van der Waals surface area (Å²) in [5.41, 5.74) is 18.4. The molecule has 2 heterocycles. The van der Waals surface area contributed by atoms with Crippen molar-refractivity contribution in [2.75, 3.05) is 0 Å². The van der Waals surface area contributed by atoms with Crippen molar-refractivity contribution >= 4 is 49.2 Å². The highest BCUT2D eigenvalue weighted by atomic mass is 15.0. The molecule has 9 aromatic carbocycles. The smallest absolute Gasteiger partial charge is 0.0541 e. The van der Waals surface area contributed by atoms with E-state index in [2.05, 4.69) is 240 Å². The van der Waals surface area contributed by atoms with Crippen LogP contribution < -0.4 is 0 Å². The summed E-state index contributed by atoms with van der Waals surface area (Å²) < 4.78 is 4.88. The van der Waals surface area contributed by atoms with Gasteiger partial charge in [-0.3, -0.25) is 0 Å². The van der Waals surface area contributed by atoms with Crippen molar-refractivity contribution in [3.05, 3.63) is 249 Å². The van der Waals surface area contributed by atoms with E-state index in [0.717, 1.165) is 55.9 Å². The minimum absolute atomic E-state index is 1.08. The first kappa shape index (κ1) is 37.8. The molecule has 0 spiro atoms. The second-order valence-corrected chi connectivity index (χ2v) is 16.2. The van der Waals surface area contributed by atoms with Gasteiger partial charge < -0.3 is 9.13 Å². The standard InChI is InChI=1S/C61H44N2/c1-3-5-19-42(4-2)44-22-17-24-46(34-44)48-36-49(47-25-18-23-45(35-47)43-20-7-6-8-21-43)38-50(37-48)51-39-52(62-58-30-13-9-26-54(58)55-27-10-14-31-59(55)62)41-53(40-51)63-60-32-15-11-28-56(60)57-29-12-16-33-61(57)63/h3-41H,2H2,1H3/b5-3-,42-19+. The zero-order valence-corrected chi connectivity index (χ0v) is 35.1. The maximum absolute atomic E-state index is 4.16. The van der Waals surface area contributed by atoms with E-state index in [9.17, 15) is 0 Å². The molecule has 0 bridgehead atoms. The monoisotopic (exact) mass is 804 g/mol. The van der Waals surface area contributed by atoms with E-state index < -0.39 is 0 Å². The van der Waals surface area contributed by atoms with Crippen molar-refractivity contribution in [2.24, 2.45) is 0 Å². The Hall–Kier alpha value is -8.20. The van der Waals surface area contributed by atoms with E-state index in [1.54, 1.807) is 0 Å². The van der Waals surface area contributed by atoms with Crippen LogP contribution in [0.4, 0.5) is 0 Å². The van der Waals surface area contributed by atoms with E-state index in [1.807, 2.05) is 19.1 Å². The van der Waals surface area contributed by atoms with Crippen molar-refractivity contribution in [3.8, 4) is 55.9 Å². The Labute approximate surface area is 368 Å². The van der Waals surface area contributed by atoms with Crippen LogP contribution in [0, 0.1) is 0 Å². The lowest BCUT2D eigenvalue weighted by Crippen LogP contribution is -2.00.